The third-order valence-corrected chi connectivity index (χ3v) is 4.62. The number of aromatic nitrogens is 3. The van der Waals surface area contributed by atoms with E-state index < -0.39 is 0 Å². The number of amides is 2. The highest BCUT2D eigenvalue weighted by atomic mass is 32.1. The van der Waals surface area contributed by atoms with E-state index in [9.17, 15) is 9.59 Å². The van der Waals surface area contributed by atoms with Crippen LogP contribution in [0.2, 0.25) is 0 Å². The Balaban J connectivity index is 1.86. The monoisotopic (exact) mass is 319 g/mol. The minimum absolute atomic E-state index is 0.0483. The molecule has 7 nitrogen and oxygen atoms in total. The molecular formula is C14H17N5O2S. The molecule has 2 aromatic rings. The van der Waals surface area contributed by atoms with E-state index in [1.54, 1.807) is 29.0 Å². The molecule has 22 heavy (non-hydrogen) atoms. The highest BCUT2D eigenvalue weighted by Crippen LogP contribution is 2.36. The van der Waals surface area contributed by atoms with Gasteiger partial charge in [-0.05, 0) is 6.42 Å². The Morgan fingerprint density at radius 1 is 1.45 bits per heavy atom. The topological polar surface area (TPSA) is 80.1 Å². The van der Waals surface area contributed by atoms with Crippen molar-refractivity contribution in [3.8, 4) is 0 Å². The molecule has 0 radical (unpaired) electrons. The molecule has 3 heterocycles. The van der Waals surface area contributed by atoms with Crippen LogP contribution in [-0.2, 0) is 16.6 Å². The van der Waals surface area contributed by atoms with Crippen molar-refractivity contribution in [3.05, 3.63) is 29.5 Å². The summed E-state index contributed by atoms with van der Waals surface area (Å²) in [4.78, 5) is 30.3. The number of likely N-dealkylation sites (tertiary alicyclic amines) is 1. The predicted octanol–water partition coefficient (Wildman–Crippen LogP) is 1.42. The lowest BCUT2D eigenvalue weighted by molar-refractivity contribution is -0.140. The van der Waals surface area contributed by atoms with Crippen LogP contribution in [0.1, 0.15) is 24.4 Å². The highest BCUT2D eigenvalue weighted by molar-refractivity contribution is 7.13. The van der Waals surface area contributed by atoms with Gasteiger partial charge in [0.2, 0.25) is 11.8 Å². The molecule has 1 aliphatic heterocycles. The lowest BCUT2D eigenvalue weighted by atomic mass is 9.85. The van der Waals surface area contributed by atoms with Crippen molar-refractivity contribution in [2.24, 2.45) is 13.0 Å². The molecule has 116 valence electrons. The number of carbonyl (C=O) groups excluding carboxylic acids is 2. The van der Waals surface area contributed by atoms with Gasteiger partial charge in [-0.15, -0.1) is 11.3 Å². The quantitative estimate of drug-likeness (QED) is 0.928. The van der Waals surface area contributed by atoms with Gasteiger partial charge >= 0.3 is 0 Å². The largest absolute Gasteiger partial charge is 0.338 e. The molecule has 2 aromatic heterocycles. The summed E-state index contributed by atoms with van der Waals surface area (Å²) in [6.07, 6.45) is 6.12. The zero-order valence-electron chi connectivity index (χ0n) is 12.4. The maximum Gasteiger partial charge on any atom is 0.231 e. The summed E-state index contributed by atoms with van der Waals surface area (Å²) in [5.74, 6) is -0.369. The first-order valence-electron chi connectivity index (χ1n) is 7.01. The molecule has 8 heteroatoms. The fraction of sp³-hybridized carbons (Fsp3) is 0.429. The normalized spacial score (nSPS) is 21.9. The van der Waals surface area contributed by atoms with Crippen molar-refractivity contribution in [3.63, 3.8) is 0 Å². The van der Waals surface area contributed by atoms with Gasteiger partial charge in [-0.3, -0.25) is 14.3 Å². The van der Waals surface area contributed by atoms with Gasteiger partial charge in [0.1, 0.15) is 0 Å². The van der Waals surface area contributed by atoms with Crippen molar-refractivity contribution in [1.29, 1.82) is 0 Å². The van der Waals surface area contributed by atoms with Crippen LogP contribution in [0.4, 0.5) is 5.13 Å². The number of hydrogen-bond donors (Lipinski definition) is 1. The molecule has 1 N–H and O–H groups in total. The van der Waals surface area contributed by atoms with Crippen molar-refractivity contribution in [2.75, 3.05) is 12.4 Å². The fourth-order valence-electron chi connectivity index (χ4n) is 2.84. The SMILES string of the molecule is CN1C(=O)CCC(C(=O)Nc2nccs2)C1c1cnn(C)c1. The number of anilines is 1. The summed E-state index contributed by atoms with van der Waals surface area (Å²) in [7, 11) is 3.56. The Morgan fingerprint density at radius 2 is 2.27 bits per heavy atom. The third kappa shape index (κ3) is 2.74. The number of carbonyl (C=O) groups is 2. The Bertz CT molecular complexity index is 681. The molecule has 3 rings (SSSR count). The minimum atomic E-state index is -0.309. The van der Waals surface area contributed by atoms with E-state index >= 15 is 0 Å². The number of nitrogens with one attached hydrogen (secondary N) is 1. The lowest BCUT2D eigenvalue weighted by Crippen LogP contribution is -2.44. The molecule has 2 atom stereocenters. The van der Waals surface area contributed by atoms with Crippen molar-refractivity contribution in [1.82, 2.24) is 19.7 Å². The first kappa shape index (κ1) is 14.7. The summed E-state index contributed by atoms with van der Waals surface area (Å²) in [6.45, 7) is 0. The first-order valence-corrected chi connectivity index (χ1v) is 7.89. The average Bonchev–Trinajstić information content (AvgIpc) is 3.13. The fourth-order valence-corrected chi connectivity index (χ4v) is 3.38. The summed E-state index contributed by atoms with van der Waals surface area (Å²) < 4.78 is 1.68. The van der Waals surface area contributed by atoms with Gasteiger partial charge in [-0.2, -0.15) is 5.10 Å². The Morgan fingerprint density at radius 3 is 2.91 bits per heavy atom. The number of hydrogen-bond acceptors (Lipinski definition) is 5. The number of aryl methyl sites for hydroxylation is 1. The molecule has 0 aliphatic carbocycles. The number of rotatable bonds is 3. The Kier molecular flexibility index (Phi) is 3.93. The molecule has 1 saturated heterocycles. The van der Waals surface area contributed by atoms with Gasteiger partial charge in [-0.1, -0.05) is 0 Å². The van der Waals surface area contributed by atoms with Gasteiger partial charge in [0.05, 0.1) is 18.2 Å². The van der Waals surface area contributed by atoms with Crippen LogP contribution >= 0.6 is 11.3 Å². The van der Waals surface area contributed by atoms with Crippen molar-refractivity contribution >= 4 is 28.3 Å². The molecular weight excluding hydrogens is 302 g/mol. The second kappa shape index (κ2) is 5.88. The summed E-state index contributed by atoms with van der Waals surface area (Å²) in [5, 5.41) is 9.38. The molecule has 1 fully saturated rings. The van der Waals surface area contributed by atoms with Crippen LogP contribution < -0.4 is 5.32 Å². The van der Waals surface area contributed by atoms with Crippen LogP contribution in [0, 0.1) is 5.92 Å². The van der Waals surface area contributed by atoms with Crippen LogP contribution in [0.15, 0.2) is 24.0 Å². The molecule has 0 aromatic carbocycles. The summed E-state index contributed by atoms with van der Waals surface area (Å²) in [6, 6.07) is -0.296. The van der Waals surface area contributed by atoms with Crippen LogP contribution in [0.5, 0.6) is 0 Å². The lowest BCUT2D eigenvalue weighted by Gasteiger charge is -2.37. The zero-order chi connectivity index (χ0) is 15.7. The molecule has 2 amide bonds. The van der Waals surface area contributed by atoms with Crippen LogP contribution in [0.3, 0.4) is 0 Å². The van der Waals surface area contributed by atoms with Crippen LogP contribution in [-0.4, -0.2) is 38.5 Å². The third-order valence-electron chi connectivity index (χ3n) is 3.93. The van der Waals surface area contributed by atoms with Gasteiger partial charge < -0.3 is 10.2 Å². The number of piperidine rings is 1. The van der Waals surface area contributed by atoms with E-state index in [4.69, 9.17) is 0 Å². The van der Waals surface area contributed by atoms with Gasteiger partial charge in [-0.25, -0.2) is 4.98 Å². The molecule has 0 spiro atoms. The highest BCUT2D eigenvalue weighted by Gasteiger charge is 2.39. The maximum absolute atomic E-state index is 12.6. The van der Waals surface area contributed by atoms with Crippen molar-refractivity contribution in [2.45, 2.75) is 18.9 Å². The van der Waals surface area contributed by atoms with E-state index in [0.717, 1.165) is 5.56 Å². The van der Waals surface area contributed by atoms with Gasteiger partial charge in [0, 0.05) is 43.9 Å². The molecule has 1 aliphatic rings. The smallest absolute Gasteiger partial charge is 0.231 e. The maximum atomic E-state index is 12.6. The molecule has 0 saturated carbocycles. The summed E-state index contributed by atoms with van der Waals surface area (Å²) in [5.41, 5.74) is 0.873. The van der Waals surface area contributed by atoms with Crippen LogP contribution in [0.25, 0.3) is 0 Å². The van der Waals surface area contributed by atoms with Crippen molar-refractivity contribution < 1.29 is 9.59 Å². The van der Waals surface area contributed by atoms with E-state index in [1.165, 1.54) is 11.3 Å². The van der Waals surface area contributed by atoms with E-state index in [2.05, 4.69) is 15.4 Å². The zero-order valence-corrected chi connectivity index (χ0v) is 13.2. The van der Waals surface area contributed by atoms with E-state index in [1.807, 2.05) is 18.6 Å². The second-order valence-electron chi connectivity index (χ2n) is 5.37. The molecule has 2 unspecified atom stereocenters. The number of thiazole rings is 1. The molecule has 0 bridgehead atoms. The van der Waals surface area contributed by atoms with Gasteiger partial charge in [0.15, 0.2) is 5.13 Å². The summed E-state index contributed by atoms with van der Waals surface area (Å²) >= 11 is 1.38. The first-order chi connectivity index (χ1) is 10.6. The number of nitrogens with zero attached hydrogens (tertiary/aromatic N) is 4. The minimum Gasteiger partial charge on any atom is -0.338 e. The Hall–Kier alpha value is -2.22. The Labute approximate surface area is 132 Å². The standard InChI is InChI=1S/C14H17N5O2S/c1-18-8-9(7-16-18)12-10(3-4-11(20)19(12)2)13(21)17-14-15-5-6-22-14/h5-8,10,12H,3-4H2,1-2H3,(H,15,17,21). The van der Waals surface area contributed by atoms with E-state index in [0.29, 0.717) is 18.0 Å². The predicted molar refractivity (Wildman–Crippen MR) is 82.2 cm³/mol. The van der Waals surface area contributed by atoms with Gasteiger partial charge in [0.25, 0.3) is 0 Å². The second-order valence-corrected chi connectivity index (χ2v) is 6.26. The average molecular weight is 319 g/mol. The van der Waals surface area contributed by atoms with E-state index in [-0.39, 0.29) is 23.8 Å².